The second-order valence-corrected chi connectivity index (χ2v) is 5.20. The zero-order valence-electron chi connectivity index (χ0n) is 13.0. The van der Waals surface area contributed by atoms with Gasteiger partial charge in [-0.1, -0.05) is 6.07 Å². The van der Waals surface area contributed by atoms with Crippen LogP contribution in [0, 0.1) is 0 Å². The Hall–Kier alpha value is -2.83. The predicted molar refractivity (Wildman–Crippen MR) is 86.4 cm³/mol. The summed E-state index contributed by atoms with van der Waals surface area (Å²) >= 11 is 0. The molecule has 1 heterocycles. The van der Waals surface area contributed by atoms with Crippen molar-refractivity contribution in [1.82, 2.24) is 9.55 Å². The molecule has 2 aromatic carbocycles. The Bertz CT molecular complexity index is 896. The number of aryl methyl sites for hydroxylation is 1. The van der Waals surface area contributed by atoms with Gasteiger partial charge in [0.05, 0.1) is 11.0 Å². The van der Waals surface area contributed by atoms with Crippen molar-refractivity contribution in [3.05, 3.63) is 48.0 Å². The largest absolute Gasteiger partial charge is 0.573 e. The summed E-state index contributed by atoms with van der Waals surface area (Å²) in [6.07, 6.45) is -2.95. The van der Waals surface area contributed by atoms with Gasteiger partial charge in [-0.3, -0.25) is 4.99 Å². The van der Waals surface area contributed by atoms with E-state index in [-0.39, 0.29) is 5.75 Å². The molecule has 0 atom stereocenters. The third-order valence-corrected chi connectivity index (χ3v) is 3.53. The molecule has 0 saturated carbocycles. The molecule has 24 heavy (non-hydrogen) atoms. The zero-order valence-corrected chi connectivity index (χ0v) is 13.0. The van der Waals surface area contributed by atoms with E-state index >= 15 is 0 Å². The third kappa shape index (κ3) is 3.24. The van der Waals surface area contributed by atoms with E-state index in [1.165, 1.54) is 12.1 Å². The van der Waals surface area contributed by atoms with E-state index in [9.17, 15) is 13.2 Å². The van der Waals surface area contributed by atoms with E-state index in [1.807, 2.05) is 29.8 Å². The van der Waals surface area contributed by atoms with E-state index in [0.29, 0.717) is 11.4 Å². The fraction of sp³-hybridized carbons (Fsp3) is 0.176. The molecule has 0 spiro atoms. The quantitative estimate of drug-likeness (QED) is 0.674. The summed E-state index contributed by atoms with van der Waals surface area (Å²) in [5, 5.41) is 0. The maximum atomic E-state index is 12.2. The average molecular weight is 333 g/mol. The van der Waals surface area contributed by atoms with Crippen LogP contribution in [0.25, 0.3) is 22.4 Å². The first-order chi connectivity index (χ1) is 11.4. The van der Waals surface area contributed by atoms with E-state index in [2.05, 4.69) is 14.7 Å². The van der Waals surface area contributed by atoms with Gasteiger partial charge in [-0.25, -0.2) is 4.98 Å². The SMILES string of the molecule is CN=Cc1ccc2nc(-c3ccc(OC(F)(F)F)cc3)n(C)c2c1. The van der Waals surface area contributed by atoms with Crippen LogP contribution in [0.3, 0.4) is 0 Å². The van der Waals surface area contributed by atoms with Gasteiger partial charge in [-0.2, -0.15) is 0 Å². The molecule has 0 aliphatic carbocycles. The van der Waals surface area contributed by atoms with Crippen molar-refractivity contribution in [2.45, 2.75) is 6.36 Å². The van der Waals surface area contributed by atoms with Gasteiger partial charge in [-0.15, -0.1) is 13.2 Å². The van der Waals surface area contributed by atoms with Crippen molar-refractivity contribution >= 4 is 17.2 Å². The van der Waals surface area contributed by atoms with Crippen LogP contribution >= 0.6 is 0 Å². The van der Waals surface area contributed by atoms with Crippen LogP contribution in [0.4, 0.5) is 13.2 Å². The minimum atomic E-state index is -4.70. The molecule has 0 amide bonds. The summed E-state index contributed by atoms with van der Waals surface area (Å²) < 4.78 is 42.4. The highest BCUT2D eigenvalue weighted by molar-refractivity contribution is 5.89. The maximum Gasteiger partial charge on any atom is 0.573 e. The molecule has 0 saturated heterocycles. The predicted octanol–water partition coefficient (Wildman–Crippen LogP) is 4.19. The molecular weight excluding hydrogens is 319 g/mol. The third-order valence-electron chi connectivity index (χ3n) is 3.53. The van der Waals surface area contributed by atoms with Gasteiger partial charge >= 0.3 is 6.36 Å². The van der Waals surface area contributed by atoms with Crippen molar-refractivity contribution in [3.8, 4) is 17.1 Å². The Morgan fingerprint density at radius 1 is 1.12 bits per heavy atom. The fourth-order valence-electron chi connectivity index (χ4n) is 2.50. The Kier molecular flexibility index (Phi) is 4.01. The van der Waals surface area contributed by atoms with Gasteiger partial charge < -0.3 is 9.30 Å². The lowest BCUT2D eigenvalue weighted by atomic mass is 10.2. The number of ether oxygens (including phenoxy) is 1. The lowest BCUT2D eigenvalue weighted by Crippen LogP contribution is -2.16. The first-order valence-electron chi connectivity index (χ1n) is 7.12. The molecule has 0 aliphatic rings. The van der Waals surface area contributed by atoms with Crippen LogP contribution in [0.2, 0.25) is 0 Å². The smallest absolute Gasteiger partial charge is 0.406 e. The summed E-state index contributed by atoms with van der Waals surface area (Å²) in [5.74, 6) is 0.403. The molecule has 0 radical (unpaired) electrons. The Labute approximate surface area is 136 Å². The van der Waals surface area contributed by atoms with E-state index in [1.54, 1.807) is 25.4 Å². The number of imidazole rings is 1. The molecule has 0 bridgehead atoms. The lowest BCUT2D eigenvalue weighted by Gasteiger charge is -2.09. The molecule has 0 N–H and O–H groups in total. The van der Waals surface area contributed by atoms with Gasteiger partial charge in [0.15, 0.2) is 0 Å². The van der Waals surface area contributed by atoms with Crippen LogP contribution in [-0.4, -0.2) is 29.2 Å². The van der Waals surface area contributed by atoms with Gasteiger partial charge in [0.1, 0.15) is 11.6 Å². The second kappa shape index (κ2) is 5.99. The number of alkyl halides is 3. The normalized spacial score (nSPS) is 12.2. The number of aliphatic imine (C=N–C) groups is 1. The number of nitrogens with zero attached hydrogens (tertiary/aromatic N) is 3. The molecule has 124 valence electrons. The van der Waals surface area contributed by atoms with Crippen molar-refractivity contribution in [2.24, 2.45) is 12.0 Å². The molecule has 0 aliphatic heterocycles. The Balaban J connectivity index is 1.98. The van der Waals surface area contributed by atoms with Gasteiger partial charge in [0, 0.05) is 25.9 Å². The second-order valence-electron chi connectivity index (χ2n) is 5.20. The highest BCUT2D eigenvalue weighted by atomic mass is 19.4. The van der Waals surface area contributed by atoms with Crippen molar-refractivity contribution < 1.29 is 17.9 Å². The molecule has 7 heteroatoms. The van der Waals surface area contributed by atoms with E-state index in [4.69, 9.17) is 0 Å². The molecule has 0 fully saturated rings. The maximum absolute atomic E-state index is 12.2. The van der Waals surface area contributed by atoms with Crippen LogP contribution < -0.4 is 4.74 Å². The van der Waals surface area contributed by atoms with Gasteiger partial charge in [0.25, 0.3) is 0 Å². The lowest BCUT2D eigenvalue weighted by molar-refractivity contribution is -0.274. The highest BCUT2D eigenvalue weighted by Gasteiger charge is 2.31. The molecule has 3 aromatic rings. The van der Waals surface area contributed by atoms with Crippen molar-refractivity contribution in [1.29, 1.82) is 0 Å². The number of rotatable bonds is 3. The standard InChI is InChI=1S/C17H14F3N3O/c1-21-10-11-3-8-14-15(9-11)23(2)16(22-14)12-4-6-13(7-5-12)24-17(18,19)20/h3-10H,1-2H3. The highest BCUT2D eigenvalue weighted by Crippen LogP contribution is 2.28. The summed E-state index contributed by atoms with van der Waals surface area (Å²) in [6, 6.07) is 11.4. The molecule has 3 rings (SSSR count). The minimum absolute atomic E-state index is 0.258. The van der Waals surface area contributed by atoms with Crippen LogP contribution in [0.5, 0.6) is 5.75 Å². The van der Waals surface area contributed by atoms with Gasteiger partial charge in [-0.05, 0) is 42.0 Å². The van der Waals surface area contributed by atoms with Crippen molar-refractivity contribution in [3.63, 3.8) is 0 Å². The summed E-state index contributed by atoms with van der Waals surface area (Å²) in [6.45, 7) is 0. The van der Waals surface area contributed by atoms with Gasteiger partial charge in [0.2, 0.25) is 0 Å². The van der Waals surface area contributed by atoms with Crippen molar-refractivity contribution in [2.75, 3.05) is 7.05 Å². The minimum Gasteiger partial charge on any atom is -0.406 e. The van der Waals surface area contributed by atoms with E-state index in [0.717, 1.165) is 16.6 Å². The molecule has 1 aromatic heterocycles. The number of aromatic nitrogens is 2. The van der Waals surface area contributed by atoms with Crippen LogP contribution in [0.1, 0.15) is 5.56 Å². The summed E-state index contributed by atoms with van der Waals surface area (Å²) in [4.78, 5) is 8.53. The zero-order chi connectivity index (χ0) is 17.3. The number of halogens is 3. The van der Waals surface area contributed by atoms with Crippen LogP contribution in [-0.2, 0) is 7.05 Å². The fourth-order valence-corrected chi connectivity index (χ4v) is 2.50. The number of hydrogen-bond acceptors (Lipinski definition) is 3. The average Bonchev–Trinajstić information content (AvgIpc) is 2.84. The first kappa shape index (κ1) is 16.0. The number of fused-ring (bicyclic) bond motifs is 1. The Morgan fingerprint density at radius 3 is 2.46 bits per heavy atom. The first-order valence-corrected chi connectivity index (χ1v) is 7.12. The monoisotopic (exact) mass is 333 g/mol. The molecular formula is C17H14F3N3O. The number of hydrogen-bond donors (Lipinski definition) is 0. The summed E-state index contributed by atoms with van der Waals surface area (Å²) in [7, 11) is 3.56. The van der Waals surface area contributed by atoms with E-state index < -0.39 is 6.36 Å². The summed E-state index contributed by atoms with van der Waals surface area (Å²) in [5.41, 5.74) is 3.37. The molecule has 0 unspecified atom stereocenters. The number of benzene rings is 2. The Morgan fingerprint density at radius 2 is 1.83 bits per heavy atom. The van der Waals surface area contributed by atoms with Crippen LogP contribution in [0.15, 0.2) is 47.5 Å². The molecule has 4 nitrogen and oxygen atoms in total. The topological polar surface area (TPSA) is 39.4 Å².